The lowest BCUT2D eigenvalue weighted by Crippen LogP contribution is -2.33. The minimum atomic E-state index is -0.723. The first-order valence-corrected chi connectivity index (χ1v) is 6.63. The van der Waals surface area contributed by atoms with Crippen molar-refractivity contribution < 1.29 is 9.47 Å². The molecular weight excluding hydrogens is 240 g/mol. The van der Waals surface area contributed by atoms with Gasteiger partial charge in [-0.2, -0.15) is 5.26 Å². The lowest BCUT2D eigenvalue weighted by atomic mass is 9.98. The molecule has 0 aromatic heterocycles. The maximum Gasteiger partial charge on any atom is 0.119 e. The Balaban J connectivity index is 2.21. The van der Waals surface area contributed by atoms with E-state index < -0.39 is 5.54 Å². The smallest absolute Gasteiger partial charge is 0.119 e. The summed E-state index contributed by atoms with van der Waals surface area (Å²) in [5, 5.41) is 8.78. The fraction of sp³-hybridized carbons (Fsp3) is 0.533. The molecule has 1 unspecified atom stereocenters. The summed E-state index contributed by atoms with van der Waals surface area (Å²) in [6.45, 7) is 5.00. The third-order valence-corrected chi connectivity index (χ3v) is 2.75. The fourth-order valence-electron chi connectivity index (χ4n) is 1.64. The van der Waals surface area contributed by atoms with Gasteiger partial charge in [0.05, 0.1) is 19.3 Å². The van der Waals surface area contributed by atoms with Crippen LogP contribution in [0.4, 0.5) is 0 Å². The van der Waals surface area contributed by atoms with E-state index in [0.29, 0.717) is 19.6 Å². The van der Waals surface area contributed by atoms with Gasteiger partial charge >= 0.3 is 0 Å². The molecule has 0 aliphatic carbocycles. The van der Waals surface area contributed by atoms with Gasteiger partial charge < -0.3 is 15.2 Å². The Morgan fingerprint density at radius 3 is 2.26 bits per heavy atom. The molecule has 0 aliphatic rings. The minimum Gasteiger partial charge on any atom is -0.494 e. The standard InChI is InChI=1S/C15H22N2O2/c1-3-18-13-6-8-14(9-7-13)19-11-5-4-10-15(2,17)12-16/h6-9H,3-5,10-11,17H2,1-2H3. The van der Waals surface area contributed by atoms with E-state index in [9.17, 15) is 0 Å². The number of ether oxygens (including phenoxy) is 2. The van der Waals surface area contributed by atoms with Crippen molar-refractivity contribution in [3.05, 3.63) is 24.3 Å². The first-order valence-electron chi connectivity index (χ1n) is 6.63. The molecule has 0 fully saturated rings. The molecule has 0 spiro atoms. The molecule has 1 rings (SSSR count). The van der Waals surface area contributed by atoms with E-state index in [2.05, 4.69) is 6.07 Å². The van der Waals surface area contributed by atoms with Crippen LogP contribution in [0.2, 0.25) is 0 Å². The number of nitrogens with two attached hydrogens (primary N) is 1. The zero-order valence-electron chi connectivity index (χ0n) is 11.7. The van der Waals surface area contributed by atoms with Gasteiger partial charge in [0.2, 0.25) is 0 Å². The van der Waals surface area contributed by atoms with Crippen molar-refractivity contribution in [2.24, 2.45) is 5.73 Å². The SMILES string of the molecule is CCOc1ccc(OCCCCC(C)(N)C#N)cc1. The van der Waals surface area contributed by atoms with E-state index >= 15 is 0 Å². The van der Waals surface area contributed by atoms with Gasteiger partial charge in [0.15, 0.2) is 0 Å². The van der Waals surface area contributed by atoms with Crippen LogP contribution in [0.1, 0.15) is 33.1 Å². The molecule has 19 heavy (non-hydrogen) atoms. The predicted molar refractivity (Wildman–Crippen MR) is 75.2 cm³/mol. The predicted octanol–water partition coefficient (Wildman–Crippen LogP) is 2.88. The van der Waals surface area contributed by atoms with Crippen LogP contribution in [0.25, 0.3) is 0 Å². The van der Waals surface area contributed by atoms with Crippen molar-refractivity contribution >= 4 is 0 Å². The second kappa shape index (κ2) is 7.65. The van der Waals surface area contributed by atoms with Crippen LogP contribution in [0.3, 0.4) is 0 Å². The van der Waals surface area contributed by atoms with E-state index in [-0.39, 0.29) is 0 Å². The second-order valence-corrected chi connectivity index (χ2v) is 4.74. The number of rotatable bonds is 8. The summed E-state index contributed by atoms with van der Waals surface area (Å²) in [5.41, 5.74) is 5.02. The van der Waals surface area contributed by atoms with Crippen LogP contribution in [0.5, 0.6) is 11.5 Å². The molecule has 4 heteroatoms. The summed E-state index contributed by atoms with van der Waals surface area (Å²) < 4.78 is 11.0. The third-order valence-electron chi connectivity index (χ3n) is 2.75. The fourth-order valence-corrected chi connectivity index (χ4v) is 1.64. The van der Waals surface area contributed by atoms with E-state index in [1.54, 1.807) is 6.92 Å². The Kier molecular flexibility index (Phi) is 6.17. The van der Waals surface area contributed by atoms with Gasteiger partial charge in [0, 0.05) is 0 Å². The number of hydrogen-bond acceptors (Lipinski definition) is 4. The van der Waals surface area contributed by atoms with Gasteiger partial charge in [-0.1, -0.05) is 0 Å². The van der Waals surface area contributed by atoms with Crippen molar-refractivity contribution in [3.8, 4) is 17.6 Å². The number of nitrogens with zero attached hydrogens (tertiary/aromatic N) is 1. The highest BCUT2D eigenvalue weighted by molar-refractivity contribution is 5.31. The average molecular weight is 262 g/mol. The molecule has 1 atom stereocenters. The molecular formula is C15H22N2O2. The first kappa shape index (κ1) is 15.3. The van der Waals surface area contributed by atoms with Gasteiger partial charge in [-0.3, -0.25) is 0 Å². The Morgan fingerprint density at radius 1 is 1.16 bits per heavy atom. The van der Waals surface area contributed by atoms with Crippen LogP contribution in [0.15, 0.2) is 24.3 Å². The second-order valence-electron chi connectivity index (χ2n) is 4.74. The molecule has 0 saturated carbocycles. The third kappa shape index (κ3) is 6.12. The number of hydrogen-bond donors (Lipinski definition) is 1. The van der Waals surface area contributed by atoms with Crippen molar-refractivity contribution in [1.82, 2.24) is 0 Å². The molecule has 1 aromatic rings. The van der Waals surface area contributed by atoms with Gasteiger partial charge in [-0.15, -0.1) is 0 Å². The van der Waals surface area contributed by atoms with Crippen molar-refractivity contribution in [3.63, 3.8) is 0 Å². The van der Waals surface area contributed by atoms with E-state index in [0.717, 1.165) is 24.3 Å². The minimum absolute atomic E-state index is 0.634. The normalized spacial score (nSPS) is 13.4. The molecule has 0 amide bonds. The molecule has 0 radical (unpaired) electrons. The maximum absolute atomic E-state index is 8.78. The quantitative estimate of drug-likeness (QED) is 0.731. The Labute approximate surface area is 115 Å². The number of benzene rings is 1. The van der Waals surface area contributed by atoms with E-state index in [1.807, 2.05) is 31.2 Å². The topological polar surface area (TPSA) is 68.3 Å². The summed E-state index contributed by atoms with van der Waals surface area (Å²) in [5.74, 6) is 1.68. The van der Waals surface area contributed by atoms with Gasteiger partial charge in [-0.25, -0.2) is 0 Å². The van der Waals surface area contributed by atoms with Gasteiger partial charge in [-0.05, 0) is 57.4 Å². The summed E-state index contributed by atoms with van der Waals surface area (Å²) >= 11 is 0. The summed E-state index contributed by atoms with van der Waals surface area (Å²) in [4.78, 5) is 0. The molecule has 0 saturated heterocycles. The maximum atomic E-state index is 8.78. The Morgan fingerprint density at radius 2 is 1.74 bits per heavy atom. The van der Waals surface area contributed by atoms with Crippen LogP contribution in [-0.4, -0.2) is 18.8 Å². The zero-order chi connectivity index (χ0) is 14.1. The zero-order valence-corrected chi connectivity index (χ0v) is 11.7. The highest BCUT2D eigenvalue weighted by atomic mass is 16.5. The van der Waals surface area contributed by atoms with Crippen LogP contribution in [-0.2, 0) is 0 Å². The van der Waals surface area contributed by atoms with Crippen molar-refractivity contribution in [2.45, 2.75) is 38.6 Å². The van der Waals surface area contributed by atoms with Crippen LogP contribution < -0.4 is 15.2 Å². The van der Waals surface area contributed by atoms with Gasteiger partial charge in [0.25, 0.3) is 0 Å². The summed E-state index contributed by atoms with van der Waals surface area (Å²) in [7, 11) is 0. The van der Waals surface area contributed by atoms with Gasteiger partial charge in [0.1, 0.15) is 17.0 Å². The number of nitriles is 1. The Bertz CT molecular complexity index is 407. The first-order chi connectivity index (χ1) is 9.07. The molecule has 4 nitrogen and oxygen atoms in total. The monoisotopic (exact) mass is 262 g/mol. The lowest BCUT2D eigenvalue weighted by molar-refractivity contribution is 0.299. The molecule has 2 N–H and O–H groups in total. The highest BCUT2D eigenvalue weighted by Crippen LogP contribution is 2.18. The molecule has 0 bridgehead atoms. The summed E-state index contributed by atoms with van der Waals surface area (Å²) in [6, 6.07) is 9.67. The molecule has 104 valence electrons. The van der Waals surface area contributed by atoms with Crippen molar-refractivity contribution in [1.29, 1.82) is 5.26 Å². The van der Waals surface area contributed by atoms with E-state index in [4.69, 9.17) is 20.5 Å². The van der Waals surface area contributed by atoms with Crippen LogP contribution >= 0.6 is 0 Å². The summed E-state index contributed by atoms with van der Waals surface area (Å²) in [6.07, 6.45) is 2.47. The lowest BCUT2D eigenvalue weighted by Gasteiger charge is -2.14. The highest BCUT2D eigenvalue weighted by Gasteiger charge is 2.15. The molecule has 0 aliphatic heterocycles. The van der Waals surface area contributed by atoms with Crippen LogP contribution in [0, 0.1) is 11.3 Å². The van der Waals surface area contributed by atoms with E-state index in [1.165, 1.54) is 0 Å². The molecule has 0 heterocycles. The van der Waals surface area contributed by atoms with Crippen molar-refractivity contribution in [2.75, 3.05) is 13.2 Å². The average Bonchev–Trinajstić information content (AvgIpc) is 2.40. The largest absolute Gasteiger partial charge is 0.494 e. The number of unbranched alkanes of at least 4 members (excludes halogenated alkanes) is 1. The molecule has 1 aromatic carbocycles. The Hall–Kier alpha value is -1.73.